The number of nitrogens with zero attached hydrogens (tertiary/aromatic N) is 4. The molecule has 2 atom stereocenters. The minimum Gasteiger partial charge on any atom is -0.331 e. The van der Waals surface area contributed by atoms with Crippen LogP contribution in [-0.2, 0) is 0 Å². The van der Waals surface area contributed by atoms with Crippen molar-refractivity contribution in [3.05, 3.63) is 164 Å². The Kier molecular flexibility index (Phi) is 12.5. The normalized spacial score (nSPS) is 16.4. The molecule has 0 radical (unpaired) electrons. The van der Waals surface area contributed by atoms with Gasteiger partial charge >= 0.3 is 6.03 Å². The summed E-state index contributed by atoms with van der Waals surface area (Å²) in [7, 11) is 0. The number of carbonyl (C=O) groups excluding carboxylic acids is 1. The maximum absolute atomic E-state index is 12.4. The molecule has 5 aromatic carbocycles. The van der Waals surface area contributed by atoms with E-state index in [1.807, 2.05) is 96.0 Å². The predicted octanol–water partition coefficient (Wildman–Crippen LogP) is 11.5. The number of benzene rings is 5. The topological polar surface area (TPSA) is 72.3 Å². The van der Waals surface area contributed by atoms with Gasteiger partial charge in [0.1, 0.15) is 0 Å². The second-order valence-electron chi connectivity index (χ2n) is 12.1. The number of anilines is 2. The first kappa shape index (κ1) is 37.3. The Morgan fingerprint density at radius 3 is 1.62 bits per heavy atom. The van der Waals surface area contributed by atoms with E-state index in [1.54, 1.807) is 24.3 Å². The zero-order valence-electron chi connectivity index (χ0n) is 28.0. The Balaban J connectivity index is 0.000000181. The molecule has 0 saturated heterocycles. The van der Waals surface area contributed by atoms with Crippen molar-refractivity contribution in [2.24, 2.45) is 16.1 Å². The van der Waals surface area contributed by atoms with Gasteiger partial charge < -0.3 is 10.6 Å². The average Bonchev–Trinajstić information content (AvgIpc) is 3.81. The number of halogens is 4. The van der Waals surface area contributed by atoms with E-state index < -0.39 is 0 Å². The number of hydrazone groups is 2. The van der Waals surface area contributed by atoms with Crippen LogP contribution in [0.3, 0.4) is 0 Å². The quantitative estimate of drug-likeness (QED) is 0.168. The lowest BCUT2D eigenvalue weighted by atomic mass is 9.91. The Bertz CT molecular complexity index is 2060. The summed E-state index contributed by atoms with van der Waals surface area (Å²) in [5, 5.41) is 22.0. The molecule has 2 amide bonds. The number of nitrogens with one attached hydrogen (secondary N) is 2. The highest BCUT2D eigenvalue weighted by atomic mass is 35.5. The van der Waals surface area contributed by atoms with Crippen LogP contribution in [0.4, 0.5) is 16.2 Å². The van der Waals surface area contributed by atoms with Gasteiger partial charge in [-0.2, -0.15) is 10.2 Å². The molecule has 7 rings (SSSR count). The summed E-state index contributed by atoms with van der Waals surface area (Å²) < 4.78 is 0. The number of amides is 2. The molecule has 2 unspecified atom stereocenters. The molecule has 2 aliphatic heterocycles. The van der Waals surface area contributed by atoms with Crippen LogP contribution in [0.15, 0.2) is 138 Å². The molecular formula is C40H34Cl4N6OS. The van der Waals surface area contributed by atoms with E-state index in [-0.39, 0.29) is 17.9 Å². The summed E-state index contributed by atoms with van der Waals surface area (Å²) in [6.07, 6.45) is 0.909. The van der Waals surface area contributed by atoms with Crippen LogP contribution in [0.5, 0.6) is 0 Å². The molecule has 0 fully saturated rings. The number of urea groups is 1. The van der Waals surface area contributed by atoms with Gasteiger partial charge in [-0.15, -0.1) is 0 Å². The number of carbonyl (C=O) groups is 1. The van der Waals surface area contributed by atoms with E-state index >= 15 is 0 Å². The lowest BCUT2D eigenvalue weighted by Gasteiger charge is -2.18. The third-order valence-corrected chi connectivity index (χ3v) is 9.88. The van der Waals surface area contributed by atoms with Crippen LogP contribution in [0, 0.1) is 5.92 Å². The first-order chi connectivity index (χ1) is 25.2. The zero-order valence-corrected chi connectivity index (χ0v) is 31.9. The summed E-state index contributed by atoms with van der Waals surface area (Å²) in [4.78, 5) is 12.4. The molecule has 5 aromatic rings. The molecule has 0 spiro atoms. The van der Waals surface area contributed by atoms with Gasteiger partial charge in [-0.05, 0) is 108 Å². The molecular weight excluding hydrogens is 754 g/mol. The summed E-state index contributed by atoms with van der Waals surface area (Å²) >= 11 is 29.4. The number of rotatable bonds is 6. The Labute approximate surface area is 328 Å². The van der Waals surface area contributed by atoms with Crippen molar-refractivity contribution < 1.29 is 4.79 Å². The SMILES string of the molecule is CCC1CN(C(=O)Nc2ccc(Cl)cc2)N=C1c1ccc(Cl)cc1.S=C(Nc1ccc(Cl)cc1)N1CC(c2ccccc2)C(c2ccc(Cl)cc2)=N1. The third-order valence-electron chi connectivity index (χ3n) is 8.56. The second-order valence-corrected chi connectivity index (χ2v) is 14.2. The van der Waals surface area contributed by atoms with Gasteiger partial charge in [0, 0.05) is 43.3 Å². The first-order valence-corrected chi connectivity index (χ1v) is 18.5. The number of hydrogen-bond donors (Lipinski definition) is 2. The molecule has 12 heteroatoms. The summed E-state index contributed by atoms with van der Waals surface area (Å²) in [5.41, 5.74) is 6.69. The van der Waals surface area contributed by atoms with Crippen molar-refractivity contribution in [1.29, 1.82) is 0 Å². The van der Waals surface area contributed by atoms with Gasteiger partial charge in [0.25, 0.3) is 0 Å². The van der Waals surface area contributed by atoms with Crippen molar-refractivity contribution in [2.75, 3.05) is 23.7 Å². The van der Waals surface area contributed by atoms with Gasteiger partial charge in [-0.25, -0.2) is 14.8 Å². The lowest BCUT2D eigenvalue weighted by Crippen LogP contribution is -2.30. The van der Waals surface area contributed by atoms with E-state index in [0.717, 1.165) is 34.7 Å². The maximum atomic E-state index is 12.4. The fourth-order valence-electron chi connectivity index (χ4n) is 5.81. The minimum atomic E-state index is -0.250. The van der Waals surface area contributed by atoms with Crippen molar-refractivity contribution in [1.82, 2.24) is 10.0 Å². The smallest absolute Gasteiger partial charge is 0.331 e. The number of thiocarbonyl (C=S) groups is 1. The Morgan fingerprint density at radius 2 is 1.10 bits per heavy atom. The largest absolute Gasteiger partial charge is 0.342 e. The molecule has 0 aromatic heterocycles. The summed E-state index contributed by atoms with van der Waals surface area (Å²) in [5.74, 6) is 0.328. The average molecular weight is 789 g/mol. The molecule has 0 saturated carbocycles. The minimum absolute atomic E-state index is 0.118. The molecule has 0 aliphatic carbocycles. The predicted molar refractivity (Wildman–Crippen MR) is 220 cm³/mol. The van der Waals surface area contributed by atoms with Crippen LogP contribution < -0.4 is 10.6 Å². The van der Waals surface area contributed by atoms with E-state index in [4.69, 9.17) is 63.7 Å². The summed E-state index contributed by atoms with van der Waals surface area (Å²) in [6, 6.07) is 39.8. The molecule has 2 N–H and O–H groups in total. The monoisotopic (exact) mass is 786 g/mol. The molecule has 7 nitrogen and oxygen atoms in total. The van der Waals surface area contributed by atoms with E-state index in [2.05, 4.69) is 34.8 Å². The van der Waals surface area contributed by atoms with Crippen molar-refractivity contribution in [2.45, 2.75) is 19.3 Å². The lowest BCUT2D eigenvalue weighted by molar-refractivity contribution is 0.215. The van der Waals surface area contributed by atoms with Crippen molar-refractivity contribution in [3.63, 3.8) is 0 Å². The fraction of sp³-hybridized carbons (Fsp3) is 0.150. The van der Waals surface area contributed by atoms with Crippen molar-refractivity contribution >= 4 is 92.6 Å². The highest BCUT2D eigenvalue weighted by Crippen LogP contribution is 2.30. The summed E-state index contributed by atoms with van der Waals surface area (Å²) in [6.45, 7) is 3.33. The molecule has 264 valence electrons. The van der Waals surface area contributed by atoms with E-state index in [1.165, 1.54) is 10.6 Å². The molecule has 2 aliphatic rings. The van der Waals surface area contributed by atoms with Gasteiger partial charge in [0.2, 0.25) is 0 Å². The van der Waals surface area contributed by atoms with E-state index in [9.17, 15) is 4.79 Å². The standard InChI is InChI=1S/C22H17Cl2N3S.C18H17Cl2N3O/c23-17-8-6-16(7-9-17)21-20(15-4-2-1-3-5-15)14-27(26-21)22(28)25-19-12-10-18(24)11-13-19;1-2-12-11-23(18(24)21-16-9-7-15(20)8-10-16)22-17(12)13-3-5-14(19)6-4-13/h1-13,20H,14H2,(H,25,28);3-10,12H,2,11H2,1H3,(H,21,24). The van der Waals surface area contributed by atoms with Crippen LogP contribution in [-0.4, -0.2) is 45.7 Å². The maximum Gasteiger partial charge on any atom is 0.342 e. The van der Waals surface area contributed by atoms with Crippen LogP contribution >= 0.6 is 58.6 Å². The Morgan fingerprint density at radius 1 is 0.635 bits per heavy atom. The van der Waals surface area contributed by atoms with Crippen LogP contribution in [0.25, 0.3) is 0 Å². The first-order valence-electron chi connectivity index (χ1n) is 16.6. The fourth-order valence-corrected chi connectivity index (χ4v) is 6.55. The molecule has 0 bridgehead atoms. The van der Waals surface area contributed by atoms with Gasteiger partial charge in [-0.3, -0.25) is 0 Å². The van der Waals surface area contributed by atoms with Crippen molar-refractivity contribution in [3.8, 4) is 0 Å². The Hall–Kier alpha value is -4.44. The molecule has 2 heterocycles. The zero-order chi connectivity index (χ0) is 36.6. The number of hydrogen-bond acceptors (Lipinski definition) is 4. The van der Waals surface area contributed by atoms with E-state index in [0.29, 0.717) is 44.0 Å². The second kappa shape index (κ2) is 17.4. The van der Waals surface area contributed by atoms with Crippen LogP contribution in [0.1, 0.15) is 36.0 Å². The molecule has 52 heavy (non-hydrogen) atoms. The highest BCUT2D eigenvalue weighted by Gasteiger charge is 2.32. The highest BCUT2D eigenvalue weighted by molar-refractivity contribution is 7.80. The van der Waals surface area contributed by atoms with Gasteiger partial charge in [0.15, 0.2) is 5.11 Å². The third kappa shape index (κ3) is 9.50. The van der Waals surface area contributed by atoms with Crippen LogP contribution in [0.2, 0.25) is 20.1 Å². The van der Waals surface area contributed by atoms with Gasteiger partial charge in [0.05, 0.1) is 24.5 Å². The van der Waals surface area contributed by atoms with Gasteiger partial charge in [-0.1, -0.05) is 108 Å².